The molecule has 5 heteroatoms. The van der Waals surface area contributed by atoms with Crippen molar-refractivity contribution in [1.82, 2.24) is 9.78 Å². The third-order valence-corrected chi connectivity index (χ3v) is 4.45. The predicted molar refractivity (Wildman–Crippen MR) is 73.0 cm³/mol. The molecule has 1 heterocycles. The van der Waals surface area contributed by atoms with Gasteiger partial charge in [-0.05, 0) is 40.8 Å². The molecule has 16 heavy (non-hydrogen) atoms. The van der Waals surface area contributed by atoms with E-state index in [0.29, 0.717) is 6.42 Å². The molecule has 92 valence electrons. The van der Waals surface area contributed by atoms with E-state index < -0.39 is 0 Å². The molecular weight excluding hydrogens is 288 g/mol. The second kappa shape index (κ2) is 6.67. The summed E-state index contributed by atoms with van der Waals surface area (Å²) in [7, 11) is 1.92. The molecule has 0 bridgehead atoms. The van der Waals surface area contributed by atoms with Crippen LogP contribution in [0.25, 0.3) is 0 Å². The van der Waals surface area contributed by atoms with Gasteiger partial charge in [-0.1, -0.05) is 6.92 Å². The SMILES string of the molecule is CCSCCC(O)Cc1c(Br)c(C)nn1C. The molecule has 0 saturated carbocycles. The Kier molecular flexibility index (Phi) is 5.86. The van der Waals surface area contributed by atoms with Gasteiger partial charge in [0.25, 0.3) is 0 Å². The van der Waals surface area contributed by atoms with Crippen molar-refractivity contribution in [1.29, 1.82) is 0 Å². The molecule has 1 aromatic heterocycles. The van der Waals surface area contributed by atoms with E-state index in [0.717, 1.165) is 33.8 Å². The Morgan fingerprint density at radius 2 is 2.25 bits per heavy atom. The van der Waals surface area contributed by atoms with Crippen molar-refractivity contribution in [2.24, 2.45) is 7.05 Å². The van der Waals surface area contributed by atoms with Crippen molar-refractivity contribution in [3.05, 3.63) is 15.9 Å². The quantitative estimate of drug-likeness (QED) is 0.821. The van der Waals surface area contributed by atoms with E-state index in [1.54, 1.807) is 0 Å². The minimum Gasteiger partial charge on any atom is -0.393 e. The lowest BCUT2D eigenvalue weighted by molar-refractivity contribution is 0.169. The van der Waals surface area contributed by atoms with Crippen molar-refractivity contribution >= 4 is 27.7 Å². The van der Waals surface area contributed by atoms with Crippen LogP contribution in [-0.4, -0.2) is 32.5 Å². The normalized spacial score (nSPS) is 13.1. The number of aromatic nitrogens is 2. The maximum absolute atomic E-state index is 9.91. The van der Waals surface area contributed by atoms with Gasteiger partial charge in [-0.25, -0.2) is 0 Å². The monoisotopic (exact) mass is 306 g/mol. The highest BCUT2D eigenvalue weighted by Gasteiger charge is 2.14. The minimum absolute atomic E-state index is 0.273. The van der Waals surface area contributed by atoms with Gasteiger partial charge < -0.3 is 5.11 Å². The summed E-state index contributed by atoms with van der Waals surface area (Å²) in [5.74, 6) is 2.13. The topological polar surface area (TPSA) is 38.1 Å². The molecule has 0 amide bonds. The fourth-order valence-electron chi connectivity index (χ4n) is 1.59. The molecule has 1 unspecified atom stereocenters. The molecule has 1 aromatic rings. The summed E-state index contributed by atoms with van der Waals surface area (Å²) in [4.78, 5) is 0. The lowest BCUT2D eigenvalue weighted by Gasteiger charge is -2.10. The average Bonchev–Trinajstić information content (AvgIpc) is 2.46. The number of hydrogen-bond acceptors (Lipinski definition) is 3. The zero-order chi connectivity index (χ0) is 12.1. The van der Waals surface area contributed by atoms with Gasteiger partial charge in [-0.3, -0.25) is 4.68 Å². The summed E-state index contributed by atoms with van der Waals surface area (Å²) < 4.78 is 2.87. The van der Waals surface area contributed by atoms with E-state index in [-0.39, 0.29) is 6.10 Å². The van der Waals surface area contributed by atoms with Gasteiger partial charge >= 0.3 is 0 Å². The number of rotatable bonds is 6. The van der Waals surface area contributed by atoms with E-state index in [9.17, 15) is 5.11 Å². The second-order valence-electron chi connectivity index (χ2n) is 3.81. The number of aliphatic hydroxyl groups is 1. The van der Waals surface area contributed by atoms with Crippen LogP contribution in [0.2, 0.25) is 0 Å². The molecule has 1 rings (SSSR count). The van der Waals surface area contributed by atoms with Gasteiger partial charge in [0, 0.05) is 13.5 Å². The molecular formula is C11H19BrN2OS. The van der Waals surface area contributed by atoms with Crippen molar-refractivity contribution in [2.45, 2.75) is 32.8 Å². The van der Waals surface area contributed by atoms with Gasteiger partial charge in [-0.2, -0.15) is 16.9 Å². The third kappa shape index (κ3) is 3.79. The average molecular weight is 307 g/mol. The first kappa shape index (κ1) is 14.1. The largest absolute Gasteiger partial charge is 0.393 e. The van der Waals surface area contributed by atoms with Crippen molar-refractivity contribution < 1.29 is 5.11 Å². The Bertz CT molecular complexity index is 341. The first-order valence-electron chi connectivity index (χ1n) is 5.50. The van der Waals surface area contributed by atoms with Gasteiger partial charge in [0.05, 0.1) is 22.0 Å². The summed E-state index contributed by atoms with van der Waals surface area (Å²) in [6, 6.07) is 0. The molecule has 1 atom stereocenters. The van der Waals surface area contributed by atoms with Crippen LogP contribution in [0.5, 0.6) is 0 Å². The first-order valence-corrected chi connectivity index (χ1v) is 7.44. The third-order valence-electron chi connectivity index (χ3n) is 2.49. The van der Waals surface area contributed by atoms with Crippen LogP contribution >= 0.6 is 27.7 Å². The number of nitrogens with zero attached hydrogens (tertiary/aromatic N) is 2. The fraction of sp³-hybridized carbons (Fsp3) is 0.727. The smallest absolute Gasteiger partial charge is 0.0738 e. The van der Waals surface area contributed by atoms with E-state index in [1.807, 2.05) is 30.4 Å². The summed E-state index contributed by atoms with van der Waals surface area (Å²) in [5, 5.41) is 14.2. The Labute approximate surface area is 110 Å². The summed E-state index contributed by atoms with van der Waals surface area (Å²) in [6.07, 6.45) is 1.24. The number of hydrogen-bond donors (Lipinski definition) is 1. The second-order valence-corrected chi connectivity index (χ2v) is 6.00. The first-order chi connectivity index (χ1) is 7.56. The van der Waals surface area contributed by atoms with Crippen molar-refractivity contribution in [3.8, 4) is 0 Å². The van der Waals surface area contributed by atoms with Crippen LogP contribution in [-0.2, 0) is 13.5 Å². The van der Waals surface area contributed by atoms with Gasteiger partial charge in [0.1, 0.15) is 0 Å². The van der Waals surface area contributed by atoms with Crippen LogP contribution in [0.4, 0.5) is 0 Å². The molecule has 0 spiro atoms. The zero-order valence-corrected chi connectivity index (χ0v) is 12.4. The number of halogens is 1. The summed E-state index contributed by atoms with van der Waals surface area (Å²) >= 11 is 5.38. The zero-order valence-electron chi connectivity index (χ0n) is 10.0. The molecule has 0 saturated heterocycles. The standard InChI is InChI=1S/C11H19BrN2OS/c1-4-16-6-5-9(15)7-10-11(12)8(2)13-14(10)3/h9,15H,4-7H2,1-3H3. The van der Waals surface area contributed by atoms with Crippen LogP contribution in [0.15, 0.2) is 4.47 Å². The highest BCUT2D eigenvalue weighted by Crippen LogP contribution is 2.22. The number of thioether (sulfide) groups is 1. The van der Waals surface area contributed by atoms with Crippen LogP contribution in [0, 0.1) is 6.92 Å². The van der Waals surface area contributed by atoms with Gasteiger partial charge in [-0.15, -0.1) is 0 Å². The molecule has 1 N–H and O–H groups in total. The maximum Gasteiger partial charge on any atom is 0.0738 e. The van der Waals surface area contributed by atoms with Crippen LogP contribution < -0.4 is 0 Å². The molecule has 0 radical (unpaired) electrons. The van der Waals surface area contributed by atoms with E-state index >= 15 is 0 Å². The highest BCUT2D eigenvalue weighted by atomic mass is 79.9. The lowest BCUT2D eigenvalue weighted by atomic mass is 10.1. The van der Waals surface area contributed by atoms with Crippen molar-refractivity contribution in [2.75, 3.05) is 11.5 Å². The minimum atomic E-state index is -0.273. The predicted octanol–water partition coefficient (Wildman–Crippen LogP) is 2.54. The molecule has 0 aliphatic carbocycles. The van der Waals surface area contributed by atoms with E-state index in [1.165, 1.54) is 0 Å². The van der Waals surface area contributed by atoms with Gasteiger partial charge in [0.2, 0.25) is 0 Å². The molecule has 3 nitrogen and oxygen atoms in total. The summed E-state index contributed by atoms with van der Waals surface area (Å²) in [6.45, 7) is 4.10. The molecule has 0 fully saturated rings. The fourth-order valence-corrected chi connectivity index (χ4v) is 2.82. The Morgan fingerprint density at radius 1 is 1.56 bits per heavy atom. The van der Waals surface area contributed by atoms with Crippen LogP contribution in [0.3, 0.4) is 0 Å². The van der Waals surface area contributed by atoms with E-state index in [4.69, 9.17) is 0 Å². The number of aliphatic hydroxyl groups excluding tert-OH is 1. The number of aryl methyl sites for hydroxylation is 2. The van der Waals surface area contributed by atoms with E-state index in [2.05, 4.69) is 28.0 Å². The molecule has 0 aliphatic heterocycles. The van der Waals surface area contributed by atoms with Crippen molar-refractivity contribution in [3.63, 3.8) is 0 Å². The Hall–Kier alpha value is 0. The maximum atomic E-state index is 9.91. The highest BCUT2D eigenvalue weighted by molar-refractivity contribution is 9.10. The molecule has 0 aliphatic rings. The summed E-state index contributed by atoms with van der Waals surface area (Å²) in [5.41, 5.74) is 2.05. The van der Waals surface area contributed by atoms with Gasteiger partial charge in [0.15, 0.2) is 0 Å². The molecule has 0 aromatic carbocycles. The van der Waals surface area contributed by atoms with Crippen LogP contribution in [0.1, 0.15) is 24.7 Å². The Balaban J connectivity index is 2.52. The lowest BCUT2D eigenvalue weighted by Crippen LogP contribution is -2.14. The Morgan fingerprint density at radius 3 is 2.75 bits per heavy atom.